The molecule has 0 aliphatic rings. The number of nitrogen functional groups attached to an aromatic ring is 1. The molecule has 0 atom stereocenters. The van der Waals surface area contributed by atoms with Crippen LogP contribution in [0, 0.1) is 20.8 Å². The third kappa shape index (κ3) is 2.55. The van der Waals surface area contributed by atoms with E-state index in [4.69, 9.17) is 5.84 Å². The average Bonchev–Trinajstić information content (AvgIpc) is 2.93. The molecule has 0 aromatic carbocycles. The van der Waals surface area contributed by atoms with Gasteiger partial charge in [0.2, 0.25) is 0 Å². The van der Waals surface area contributed by atoms with Gasteiger partial charge in [0.1, 0.15) is 5.03 Å². The SMILES string of the molecule is Cc1nc(Sc2nc(NN)cn3ccnc23)nc(C)c1C. The van der Waals surface area contributed by atoms with Gasteiger partial charge in [0.25, 0.3) is 0 Å². The number of hydrogen-bond donors (Lipinski definition) is 2. The van der Waals surface area contributed by atoms with E-state index in [-0.39, 0.29) is 0 Å². The highest BCUT2D eigenvalue weighted by atomic mass is 32.2. The third-order valence-corrected chi connectivity index (χ3v) is 4.12. The molecule has 3 N–H and O–H groups in total. The van der Waals surface area contributed by atoms with Crippen molar-refractivity contribution in [3.8, 4) is 0 Å². The molecule has 3 aromatic rings. The van der Waals surface area contributed by atoms with Crippen molar-refractivity contribution in [3.05, 3.63) is 35.5 Å². The van der Waals surface area contributed by atoms with E-state index in [0.29, 0.717) is 16.0 Å². The Kier molecular flexibility index (Phi) is 3.48. The maximum absolute atomic E-state index is 5.45. The van der Waals surface area contributed by atoms with Crippen LogP contribution >= 0.6 is 11.8 Å². The second-order valence-electron chi connectivity index (χ2n) is 4.64. The van der Waals surface area contributed by atoms with E-state index in [2.05, 4.69) is 25.4 Å². The Morgan fingerprint density at radius 3 is 2.52 bits per heavy atom. The van der Waals surface area contributed by atoms with Crippen LogP contribution in [0.3, 0.4) is 0 Å². The molecule has 3 heterocycles. The standard InChI is InChI=1S/C13H15N7S/c1-7-8(2)16-13(17-9(7)3)21-12-11-15-4-5-20(11)6-10(18-12)19-14/h4-6,19H,14H2,1-3H3. The average molecular weight is 301 g/mol. The molecule has 0 aliphatic heterocycles. The van der Waals surface area contributed by atoms with Gasteiger partial charge in [0, 0.05) is 23.8 Å². The molecule has 0 saturated heterocycles. The first-order valence-electron chi connectivity index (χ1n) is 6.38. The number of hydrazine groups is 1. The smallest absolute Gasteiger partial charge is 0.194 e. The highest BCUT2D eigenvalue weighted by molar-refractivity contribution is 7.99. The second-order valence-corrected chi connectivity index (χ2v) is 5.59. The molecule has 3 aromatic heterocycles. The Labute approximate surface area is 126 Å². The van der Waals surface area contributed by atoms with Crippen molar-refractivity contribution in [1.82, 2.24) is 24.3 Å². The minimum absolute atomic E-state index is 0.559. The van der Waals surface area contributed by atoms with Crippen molar-refractivity contribution in [2.24, 2.45) is 5.84 Å². The number of nitrogens with one attached hydrogen (secondary N) is 1. The number of fused-ring (bicyclic) bond motifs is 1. The van der Waals surface area contributed by atoms with E-state index in [1.165, 1.54) is 11.8 Å². The lowest BCUT2D eigenvalue weighted by molar-refractivity contribution is 0.877. The van der Waals surface area contributed by atoms with Crippen LogP contribution in [0.15, 0.2) is 28.8 Å². The molecule has 0 saturated carbocycles. The molecule has 0 unspecified atom stereocenters. The van der Waals surface area contributed by atoms with Crippen LogP contribution in [0.1, 0.15) is 17.0 Å². The van der Waals surface area contributed by atoms with Gasteiger partial charge in [-0.1, -0.05) is 0 Å². The number of nitrogens with two attached hydrogens (primary N) is 1. The summed E-state index contributed by atoms with van der Waals surface area (Å²) in [6, 6.07) is 0. The lowest BCUT2D eigenvalue weighted by Gasteiger charge is -2.08. The summed E-state index contributed by atoms with van der Waals surface area (Å²) in [5.41, 5.74) is 6.35. The fourth-order valence-corrected chi connectivity index (χ4v) is 2.85. The van der Waals surface area contributed by atoms with E-state index in [9.17, 15) is 0 Å². The molecule has 0 amide bonds. The summed E-state index contributed by atoms with van der Waals surface area (Å²) >= 11 is 1.38. The predicted octanol–water partition coefficient (Wildman–Crippen LogP) is 1.88. The molecule has 0 fully saturated rings. The zero-order chi connectivity index (χ0) is 15.0. The zero-order valence-electron chi connectivity index (χ0n) is 12.0. The van der Waals surface area contributed by atoms with E-state index in [1.54, 1.807) is 12.4 Å². The first-order valence-corrected chi connectivity index (χ1v) is 7.20. The van der Waals surface area contributed by atoms with Crippen LogP contribution in [-0.4, -0.2) is 24.3 Å². The molecular formula is C13H15N7S. The molecule has 3 rings (SSSR count). The largest absolute Gasteiger partial charge is 0.307 e. The van der Waals surface area contributed by atoms with Crippen LogP contribution in [0.25, 0.3) is 5.65 Å². The van der Waals surface area contributed by atoms with Crippen LogP contribution in [0.2, 0.25) is 0 Å². The molecule has 21 heavy (non-hydrogen) atoms. The highest BCUT2D eigenvalue weighted by Gasteiger charge is 2.12. The van der Waals surface area contributed by atoms with Crippen LogP contribution in [0.4, 0.5) is 5.82 Å². The monoisotopic (exact) mass is 301 g/mol. The summed E-state index contributed by atoms with van der Waals surface area (Å²) in [5, 5.41) is 1.36. The van der Waals surface area contributed by atoms with Crippen molar-refractivity contribution in [2.45, 2.75) is 31.0 Å². The van der Waals surface area contributed by atoms with Crippen molar-refractivity contribution < 1.29 is 0 Å². The van der Waals surface area contributed by atoms with Crippen LogP contribution in [-0.2, 0) is 0 Å². The Bertz CT molecular complexity index is 788. The van der Waals surface area contributed by atoms with Crippen molar-refractivity contribution in [2.75, 3.05) is 5.43 Å². The van der Waals surface area contributed by atoms with Crippen LogP contribution < -0.4 is 11.3 Å². The first-order chi connectivity index (χ1) is 10.1. The fourth-order valence-electron chi connectivity index (χ4n) is 1.91. The lowest BCUT2D eigenvalue weighted by Crippen LogP contribution is -2.10. The number of aromatic nitrogens is 5. The van der Waals surface area contributed by atoms with E-state index >= 15 is 0 Å². The summed E-state index contributed by atoms with van der Waals surface area (Å²) in [5.74, 6) is 6.01. The number of hydrogen-bond acceptors (Lipinski definition) is 7. The Hall–Kier alpha value is -2.19. The zero-order valence-corrected chi connectivity index (χ0v) is 12.8. The summed E-state index contributed by atoms with van der Waals surface area (Å²) in [7, 11) is 0. The predicted molar refractivity (Wildman–Crippen MR) is 81.2 cm³/mol. The fraction of sp³-hybridized carbons (Fsp3) is 0.231. The number of aryl methyl sites for hydroxylation is 2. The summed E-state index contributed by atoms with van der Waals surface area (Å²) in [6.07, 6.45) is 5.33. The third-order valence-electron chi connectivity index (χ3n) is 3.29. The van der Waals surface area contributed by atoms with Gasteiger partial charge in [-0.3, -0.25) is 0 Å². The molecule has 0 bridgehead atoms. The van der Waals surface area contributed by atoms with Gasteiger partial charge in [-0.05, 0) is 38.1 Å². The van der Waals surface area contributed by atoms with Gasteiger partial charge in [-0.25, -0.2) is 25.8 Å². The van der Waals surface area contributed by atoms with E-state index in [1.807, 2.05) is 31.4 Å². The number of nitrogens with zero attached hydrogens (tertiary/aromatic N) is 5. The van der Waals surface area contributed by atoms with Crippen molar-refractivity contribution in [3.63, 3.8) is 0 Å². The van der Waals surface area contributed by atoms with Crippen molar-refractivity contribution >= 4 is 23.2 Å². The Morgan fingerprint density at radius 1 is 1.14 bits per heavy atom. The molecule has 0 aliphatic carbocycles. The minimum Gasteiger partial charge on any atom is -0.307 e. The lowest BCUT2D eigenvalue weighted by atomic mass is 10.2. The summed E-state index contributed by atoms with van der Waals surface area (Å²) in [4.78, 5) is 17.7. The maximum atomic E-state index is 5.45. The second kappa shape index (κ2) is 5.30. The quantitative estimate of drug-likeness (QED) is 0.433. The Balaban J connectivity index is 2.07. The van der Waals surface area contributed by atoms with E-state index in [0.717, 1.165) is 22.6 Å². The van der Waals surface area contributed by atoms with E-state index < -0.39 is 0 Å². The topological polar surface area (TPSA) is 94.0 Å². The molecule has 0 spiro atoms. The number of imidazole rings is 1. The van der Waals surface area contributed by atoms with Gasteiger partial charge >= 0.3 is 0 Å². The highest BCUT2D eigenvalue weighted by Crippen LogP contribution is 2.28. The molecule has 7 nitrogen and oxygen atoms in total. The Morgan fingerprint density at radius 2 is 1.86 bits per heavy atom. The molecule has 0 radical (unpaired) electrons. The normalized spacial score (nSPS) is 11.0. The number of rotatable bonds is 3. The maximum Gasteiger partial charge on any atom is 0.194 e. The summed E-state index contributed by atoms with van der Waals surface area (Å²) in [6.45, 7) is 5.97. The molecular weight excluding hydrogens is 286 g/mol. The van der Waals surface area contributed by atoms with Gasteiger partial charge in [-0.15, -0.1) is 0 Å². The van der Waals surface area contributed by atoms with Gasteiger partial charge in [-0.2, -0.15) is 0 Å². The van der Waals surface area contributed by atoms with Gasteiger partial charge < -0.3 is 9.83 Å². The van der Waals surface area contributed by atoms with Crippen LogP contribution in [0.5, 0.6) is 0 Å². The first kappa shape index (κ1) is 13.8. The van der Waals surface area contributed by atoms with Crippen molar-refractivity contribution in [1.29, 1.82) is 0 Å². The molecule has 108 valence electrons. The number of anilines is 1. The molecule has 8 heteroatoms. The van der Waals surface area contributed by atoms with Gasteiger partial charge in [0.15, 0.2) is 16.6 Å². The minimum atomic E-state index is 0.559. The summed E-state index contributed by atoms with van der Waals surface area (Å²) < 4.78 is 1.86. The van der Waals surface area contributed by atoms with Gasteiger partial charge in [0.05, 0.1) is 6.20 Å².